The van der Waals surface area contributed by atoms with Gasteiger partial charge < -0.3 is 15.2 Å². The van der Waals surface area contributed by atoms with Crippen LogP contribution in [0.15, 0.2) is 83.8 Å². The number of rotatable bonds is 2. The Bertz CT molecular complexity index is 1250. The van der Waals surface area contributed by atoms with E-state index in [0.29, 0.717) is 18.5 Å². The van der Waals surface area contributed by atoms with Gasteiger partial charge in [0.2, 0.25) is 0 Å². The standard InChI is InChI=1S/C24H19N3O2/c28-23-21-8-4-3-7-20(21)22(13-25-23)16-9-11-19(12-10-16)26-24(29)27-14-17-5-1-2-6-18(17)15-27/h1-13H,14-15H2,(H,25,28)(H,26,29). The highest BCUT2D eigenvalue weighted by Gasteiger charge is 2.22. The number of carbonyl (C=O) groups is 1. The predicted molar refractivity (Wildman–Crippen MR) is 115 cm³/mol. The summed E-state index contributed by atoms with van der Waals surface area (Å²) in [5.41, 5.74) is 4.96. The first-order chi connectivity index (χ1) is 14.2. The van der Waals surface area contributed by atoms with E-state index in [2.05, 4.69) is 22.4 Å². The zero-order chi connectivity index (χ0) is 19.8. The summed E-state index contributed by atoms with van der Waals surface area (Å²) >= 11 is 0. The van der Waals surface area contributed by atoms with Crippen molar-refractivity contribution in [1.82, 2.24) is 9.88 Å². The molecule has 5 rings (SSSR count). The average Bonchev–Trinajstić information content (AvgIpc) is 3.20. The van der Waals surface area contributed by atoms with Crippen LogP contribution in [0.3, 0.4) is 0 Å². The van der Waals surface area contributed by atoms with Crippen LogP contribution in [-0.2, 0) is 13.1 Å². The summed E-state index contributed by atoms with van der Waals surface area (Å²) in [6.07, 6.45) is 1.74. The van der Waals surface area contributed by atoms with Crippen molar-refractivity contribution in [2.24, 2.45) is 0 Å². The number of nitrogens with one attached hydrogen (secondary N) is 2. The van der Waals surface area contributed by atoms with Gasteiger partial charge in [-0.1, -0.05) is 54.6 Å². The summed E-state index contributed by atoms with van der Waals surface area (Å²) in [5.74, 6) is 0. The number of hydrogen-bond donors (Lipinski definition) is 2. The number of nitrogens with zero attached hydrogens (tertiary/aromatic N) is 1. The molecule has 2 heterocycles. The number of urea groups is 1. The monoisotopic (exact) mass is 381 g/mol. The predicted octanol–water partition coefficient (Wildman–Crippen LogP) is 4.74. The highest BCUT2D eigenvalue weighted by Crippen LogP contribution is 2.28. The van der Waals surface area contributed by atoms with E-state index in [-0.39, 0.29) is 11.6 Å². The lowest BCUT2D eigenvalue weighted by atomic mass is 10.0. The molecule has 0 radical (unpaired) electrons. The van der Waals surface area contributed by atoms with Gasteiger partial charge in [0, 0.05) is 35.9 Å². The Morgan fingerprint density at radius 3 is 2.14 bits per heavy atom. The van der Waals surface area contributed by atoms with Crippen molar-refractivity contribution in [3.63, 3.8) is 0 Å². The molecule has 0 bridgehead atoms. The number of anilines is 1. The molecule has 1 aliphatic heterocycles. The molecule has 4 aromatic rings. The van der Waals surface area contributed by atoms with Gasteiger partial charge in [-0.2, -0.15) is 0 Å². The number of amides is 2. The number of pyridine rings is 1. The summed E-state index contributed by atoms with van der Waals surface area (Å²) in [4.78, 5) is 29.3. The van der Waals surface area contributed by atoms with E-state index < -0.39 is 0 Å². The van der Waals surface area contributed by atoms with Crippen molar-refractivity contribution in [1.29, 1.82) is 0 Å². The summed E-state index contributed by atoms with van der Waals surface area (Å²) < 4.78 is 0. The van der Waals surface area contributed by atoms with Gasteiger partial charge in [0.05, 0.1) is 0 Å². The van der Waals surface area contributed by atoms with E-state index in [0.717, 1.165) is 22.2 Å². The Labute approximate surface area is 167 Å². The van der Waals surface area contributed by atoms with Gasteiger partial charge in [-0.3, -0.25) is 4.79 Å². The Morgan fingerprint density at radius 1 is 0.828 bits per heavy atom. The number of aromatic amines is 1. The van der Waals surface area contributed by atoms with Crippen LogP contribution in [0.1, 0.15) is 11.1 Å². The van der Waals surface area contributed by atoms with Crippen LogP contribution in [0.4, 0.5) is 10.5 Å². The molecule has 0 unspecified atom stereocenters. The summed E-state index contributed by atoms with van der Waals surface area (Å²) in [6.45, 7) is 1.26. The number of H-pyrrole nitrogens is 1. The molecule has 0 aliphatic carbocycles. The van der Waals surface area contributed by atoms with E-state index in [1.165, 1.54) is 11.1 Å². The molecule has 5 nitrogen and oxygen atoms in total. The van der Waals surface area contributed by atoms with Crippen LogP contribution < -0.4 is 10.9 Å². The highest BCUT2D eigenvalue weighted by atomic mass is 16.2. The van der Waals surface area contributed by atoms with Gasteiger partial charge in [0.1, 0.15) is 0 Å². The second-order valence-corrected chi connectivity index (χ2v) is 7.21. The largest absolute Gasteiger partial charge is 0.328 e. The van der Waals surface area contributed by atoms with Gasteiger partial charge >= 0.3 is 6.03 Å². The van der Waals surface area contributed by atoms with Crippen molar-refractivity contribution in [2.75, 3.05) is 5.32 Å². The molecule has 0 atom stereocenters. The molecule has 0 fully saturated rings. The lowest BCUT2D eigenvalue weighted by molar-refractivity contribution is 0.212. The smallest absolute Gasteiger partial charge is 0.322 e. The Hall–Kier alpha value is -3.86. The van der Waals surface area contributed by atoms with Gasteiger partial charge in [-0.15, -0.1) is 0 Å². The number of carbonyl (C=O) groups excluding carboxylic acids is 1. The van der Waals surface area contributed by atoms with Crippen molar-refractivity contribution < 1.29 is 4.79 Å². The van der Waals surface area contributed by atoms with Crippen LogP contribution in [0.5, 0.6) is 0 Å². The first kappa shape index (κ1) is 17.3. The van der Waals surface area contributed by atoms with Crippen LogP contribution in [0, 0.1) is 0 Å². The molecule has 1 aromatic heterocycles. The van der Waals surface area contributed by atoms with E-state index in [4.69, 9.17) is 0 Å². The molecule has 3 aromatic carbocycles. The van der Waals surface area contributed by atoms with Crippen LogP contribution in [0.2, 0.25) is 0 Å². The normalized spacial score (nSPS) is 12.8. The maximum atomic E-state index is 12.6. The lowest BCUT2D eigenvalue weighted by Crippen LogP contribution is -2.30. The molecule has 0 saturated heterocycles. The minimum absolute atomic E-state index is 0.0974. The van der Waals surface area contributed by atoms with Crippen molar-refractivity contribution in [3.05, 3.63) is 100 Å². The second-order valence-electron chi connectivity index (χ2n) is 7.21. The van der Waals surface area contributed by atoms with Gasteiger partial charge in [-0.05, 0) is 40.3 Å². The molecule has 5 heteroatoms. The van der Waals surface area contributed by atoms with E-state index in [1.54, 1.807) is 11.1 Å². The fourth-order valence-corrected chi connectivity index (χ4v) is 3.86. The summed E-state index contributed by atoms with van der Waals surface area (Å²) in [6, 6.07) is 23.2. The molecule has 142 valence electrons. The second kappa shape index (κ2) is 6.95. The number of aromatic nitrogens is 1. The van der Waals surface area contributed by atoms with Crippen LogP contribution in [-0.4, -0.2) is 15.9 Å². The van der Waals surface area contributed by atoms with Gasteiger partial charge in [0.15, 0.2) is 0 Å². The maximum absolute atomic E-state index is 12.6. The molecule has 0 spiro atoms. The third kappa shape index (κ3) is 3.17. The number of hydrogen-bond acceptors (Lipinski definition) is 2. The summed E-state index contributed by atoms with van der Waals surface area (Å²) in [7, 11) is 0. The summed E-state index contributed by atoms with van der Waals surface area (Å²) in [5, 5.41) is 4.54. The van der Waals surface area contributed by atoms with Gasteiger partial charge in [-0.25, -0.2) is 4.79 Å². The Morgan fingerprint density at radius 2 is 1.45 bits per heavy atom. The fourth-order valence-electron chi connectivity index (χ4n) is 3.86. The van der Waals surface area contributed by atoms with Crippen LogP contribution in [0.25, 0.3) is 21.9 Å². The fraction of sp³-hybridized carbons (Fsp3) is 0.0833. The lowest BCUT2D eigenvalue weighted by Gasteiger charge is -2.16. The number of fused-ring (bicyclic) bond motifs is 2. The molecular formula is C24H19N3O2. The zero-order valence-corrected chi connectivity index (χ0v) is 15.7. The van der Waals surface area contributed by atoms with Crippen molar-refractivity contribution >= 4 is 22.5 Å². The average molecular weight is 381 g/mol. The molecular weight excluding hydrogens is 362 g/mol. The van der Waals surface area contributed by atoms with E-state index >= 15 is 0 Å². The Kier molecular flexibility index (Phi) is 4.13. The van der Waals surface area contributed by atoms with Gasteiger partial charge in [0.25, 0.3) is 5.56 Å². The number of benzene rings is 3. The first-order valence-electron chi connectivity index (χ1n) is 9.52. The Balaban J connectivity index is 1.36. The van der Waals surface area contributed by atoms with Crippen molar-refractivity contribution in [3.8, 4) is 11.1 Å². The SMILES string of the molecule is O=C(Nc1ccc(-c2c[nH]c(=O)c3ccccc23)cc1)N1Cc2ccccc2C1. The first-order valence-corrected chi connectivity index (χ1v) is 9.52. The molecule has 2 amide bonds. The molecule has 29 heavy (non-hydrogen) atoms. The molecule has 0 saturated carbocycles. The molecule has 2 N–H and O–H groups in total. The topological polar surface area (TPSA) is 65.2 Å². The van der Waals surface area contributed by atoms with Crippen molar-refractivity contribution in [2.45, 2.75) is 13.1 Å². The van der Waals surface area contributed by atoms with E-state index in [9.17, 15) is 9.59 Å². The minimum atomic E-state index is -0.108. The minimum Gasteiger partial charge on any atom is -0.328 e. The highest BCUT2D eigenvalue weighted by molar-refractivity contribution is 5.96. The third-order valence-corrected chi connectivity index (χ3v) is 5.38. The quantitative estimate of drug-likeness (QED) is 0.527. The maximum Gasteiger partial charge on any atom is 0.322 e. The molecule has 1 aliphatic rings. The van der Waals surface area contributed by atoms with Crippen LogP contribution >= 0.6 is 0 Å². The zero-order valence-electron chi connectivity index (χ0n) is 15.7. The van der Waals surface area contributed by atoms with E-state index in [1.807, 2.05) is 60.7 Å². The third-order valence-electron chi connectivity index (χ3n) is 5.38.